The van der Waals surface area contributed by atoms with Gasteiger partial charge in [-0.2, -0.15) is 4.98 Å². The van der Waals surface area contributed by atoms with Crippen molar-refractivity contribution < 1.29 is 9.47 Å². The van der Waals surface area contributed by atoms with E-state index in [2.05, 4.69) is 9.97 Å². The third-order valence-electron chi connectivity index (χ3n) is 2.21. The highest BCUT2D eigenvalue weighted by molar-refractivity contribution is 6.28. The fraction of sp³-hybridized carbons (Fsp3) is 0.333. The van der Waals surface area contributed by atoms with Gasteiger partial charge in [-0.1, -0.05) is 12.1 Å². The van der Waals surface area contributed by atoms with Crippen LogP contribution >= 0.6 is 11.6 Å². The van der Waals surface area contributed by atoms with Crippen molar-refractivity contribution in [1.29, 1.82) is 0 Å². The van der Waals surface area contributed by atoms with Crippen molar-refractivity contribution in [3.63, 3.8) is 0 Å². The van der Waals surface area contributed by atoms with E-state index in [1.165, 1.54) is 0 Å². The standard InChI is InChI=1S/C12H13ClN2O2/c1-2-16-7-8-17-11-9-5-3-4-6-10(9)14-12(13)15-11/h3-6H,2,7-8H2,1H3. The number of benzene rings is 1. The zero-order valence-corrected chi connectivity index (χ0v) is 10.3. The van der Waals surface area contributed by atoms with Crippen LogP contribution in [0.1, 0.15) is 6.92 Å². The molecule has 0 radical (unpaired) electrons. The molecule has 2 rings (SSSR count). The number of aromatic nitrogens is 2. The van der Waals surface area contributed by atoms with Gasteiger partial charge < -0.3 is 9.47 Å². The molecule has 0 fully saturated rings. The summed E-state index contributed by atoms with van der Waals surface area (Å²) < 4.78 is 10.7. The number of nitrogens with zero attached hydrogens (tertiary/aromatic N) is 2. The summed E-state index contributed by atoms with van der Waals surface area (Å²) in [6.07, 6.45) is 0. The van der Waals surface area contributed by atoms with Gasteiger partial charge in [0, 0.05) is 6.61 Å². The molecule has 0 unspecified atom stereocenters. The Morgan fingerprint density at radius 3 is 2.82 bits per heavy atom. The minimum Gasteiger partial charge on any atom is -0.475 e. The van der Waals surface area contributed by atoms with Crippen LogP contribution in [0.2, 0.25) is 5.28 Å². The molecule has 90 valence electrons. The molecule has 0 amide bonds. The molecule has 0 aliphatic heterocycles. The van der Waals surface area contributed by atoms with E-state index in [-0.39, 0.29) is 5.28 Å². The first kappa shape index (κ1) is 12.1. The van der Waals surface area contributed by atoms with Crippen LogP contribution in [0.15, 0.2) is 24.3 Å². The minimum absolute atomic E-state index is 0.190. The summed E-state index contributed by atoms with van der Waals surface area (Å²) in [5.74, 6) is 0.500. The molecule has 0 saturated heterocycles. The van der Waals surface area contributed by atoms with Gasteiger partial charge in [-0.15, -0.1) is 0 Å². The van der Waals surface area contributed by atoms with Crippen molar-refractivity contribution in [2.45, 2.75) is 6.92 Å². The van der Waals surface area contributed by atoms with Gasteiger partial charge in [0.2, 0.25) is 11.2 Å². The van der Waals surface area contributed by atoms with Crippen molar-refractivity contribution in [2.75, 3.05) is 19.8 Å². The number of hydrogen-bond acceptors (Lipinski definition) is 4. The molecular formula is C12H13ClN2O2. The second kappa shape index (κ2) is 5.80. The number of para-hydroxylation sites is 1. The first-order valence-electron chi connectivity index (χ1n) is 5.44. The molecule has 0 bridgehead atoms. The second-order valence-corrected chi connectivity index (χ2v) is 3.70. The molecule has 0 aliphatic rings. The normalized spacial score (nSPS) is 10.7. The zero-order valence-electron chi connectivity index (χ0n) is 9.52. The fourth-order valence-corrected chi connectivity index (χ4v) is 1.64. The highest BCUT2D eigenvalue weighted by atomic mass is 35.5. The fourth-order valence-electron chi connectivity index (χ4n) is 1.47. The topological polar surface area (TPSA) is 44.2 Å². The first-order valence-corrected chi connectivity index (χ1v) is 5.82. The molecule has 5 heteroatoms. The molecule has 17 heavy (non-hydrogen) atoms. The predicted octanol–water partition coefficient (Wildman–Crippen LogP) is 2.70. The van der Waals surface area contributed by atoms with Gasteiger partial charge in [-0.05, 0) is 30.7 Å². The van der Waals surface area contributed by atoms with E-state index >= 15 is 0 Å². The summed E-state index contributed by atoms with van der Waals surface area (Å²) in [5, 5.41) is 1.04. The van der Waals surface area contributed by atoms with E-state index in [1.54, 1.807) is 0 Å². The Morgan fingerprint density at radius 1 is 1.18 bits per heavy atom. The Morgan fingerprint density at radius 2 is 2.00 bits per heavy atom. The molecule has 0 atom stereocenters. The number of halogens is 1. The van der Waals surface area contributed by atoms with E-state index < -0.39 is 0 Å². The Balaban J connectivity index is 2.20. The Labute approximate surface area is 105 Å². The van der Waals surface area contributed by atoms with Crippen LogP contribution in [0.25, 0.3) is 10.9 Å². The minimum atomic E-state index is 0.190. The molecule has 0 aliphatic carbocycles. The van der Waals surface area contributed by atoms with Gasteiger partial charge in [0.25, 0.3) is 0 Å². The summed E-state index contributed by atoms with van der Waals surface area (Å²) in [6, 6.07) is 7.59. The van der Waals surface area contributed by atoms with Gasteiger partial charge >= 0.3 is 0 Å². The zero-order chi connectivity index (χ0) is 12.1. The van der Waals surface area contributed by atoms with Gasteiger partial charge in [0.1, 0.15) is 6.61 Å². The first-order chi connectivity index (χ1) is 8.31. The molecule has 4 nitrogen and oxygen atoms in total. The van der Waals surface area contributed by atoms with Crippen LogP contribution in [0, 0.1) is 0 Å². The largest absolute Gasteiger partial charge is 0.475 e. The lowest BCUT2D eigenvalue weighted by Crippen LogP contribution is -2.07. The lowest BCUT2D eigenvalue weighted by atomic mass is 10.2. The predicted molar refractivity (Wildman–Crippen MR) is 66.5 cm³/mol. The Bertz CT molecular complexity index is 505. The average molecular weight is 253 g/mol. The van der Waals surface area contributed by atoms with Crippen LogP contribution in [-0.4, -0.2) is 29.8 Å². The van der Waals surface area contributed by atoms with E-state index in [0.29, 0.717) is 25.7 Å². The Kier molecular flexibility index (Phi) is 4.12. The van der Waals surface area contributed by atoms with Gasteiger partial charge in [-0.25, -0.2) is 4.98 Å². The van der Waals surface area contributed by atoms with Crippen LogP contribution in [0.5, 0.6) is 5.88 Å². The molecule has 0 spiro atoms. The molecule has 1 heterocycles. The van der Waals surface area contributed by atoms with Crippen molar-refractivity contribution in [3.05, 3.63) is 29.5 Å². The van der Waals surface area contributed by atoms with Crippen molar-refractivity contribution in [2.24, 2.45) is 0 Å². The van der Waals surface area contributed by atoms with Crippen molar-refractivity contribution >= 4 is 22.5 Å². The monoisotopic (exact) mass is 252 g/mol. The molecular weight excluding hydrogens is 240 g/mol. The summed E-state index contributed by atoms with van der Waals surface area (Å²) in [7, 11) is 0. The van der Waals surface area contributed by atoms with Crippen LogP contribution in [0.4, 0.5) is 0 Å². The number of hydrogen-bond donors (Lipinski definition) is 0. The third kappa shape index (κ3) is 3.05. The van der Waals surface area contributed by atoms with E-state index in [0.717, 1.165) is 10.9 Å². The summed E-state index contributed by atoms with van der Waals surface area (Å²) in [6.45, 7) is 3.60. The van der Waals surface area contributed by atoms with Crippen LogP contribution in [0.3, 0.4) is 0 Å². The summed E-state index contributed by atoms with van der Waals surface area (Å²) in [5.41, 5.74) is 0.777. The molecule has 0 N–H and O–H groups in total. The van der Waals surface area contributed by atoms with E-state index in [4.69, 9.17) is 21.1 Å². The van der Waals surface area contributed by atoms with Crippen molar-refractivity contribution in [1.82, 2.24) is 9.97 Å². The Hall–Kier alpha value is -1.39. The number of rotatable bonds is 5. The SMILES string of the molecule is CCOCCOc1nc(Cl)nc2ccccc12. The quantitative estimate of drug-likeness (QED) is 0.606. The highest BCUT2D eigenvalue weighted by Crippen LogP contribution is 2.23. The van der Waals surface area contributed by atoms with Gasteiger partial charge in [0.05, 0.1) is 17.5 Å². The number of ether oxygens (including phenoxy) is 2. The summed E-state index contributed by atoms with van der Waals surface area (Å²) in [4.78, 5) is 8.20. The maximum Gasteiger partial charge on any atom is 0.226 e. The highest BCUT2D eigenvalue weighted by Gasteiger charge is 2.06. The maximum atomic E-state index is 5.83. The van der Waals surface area contributed by atoms with Crippen LogP contribution in [-0.2, 0) is 4.74 Å². The molecule has 0 saturated carbocycles. The van der Waals surface area contributed by atoms with E-state index in [9.17, 15) is 0 Å². The average Bonchev–Trinajstić information content (AvgIpc) is 2.34. The van der Waals surface area contributed by atoms with Crippen LogP contribution < -0.4 is 4.74 Å². The van der Waals surface area contributed by atoms with Gasteiger partial charge in [-0.3, -0.25) is 0 Å². The van der Waals surface area contributed by atoms with Crippen molar-refractivity contribution in [3.8, 4) is 5.88 Å². The smallest absolute Gasteiger partial charge is 0.226 e. The third-order valence-corrected chi connectivity index (χ3v) is 2.38. The lowest BCUT2D eigenvalue weighted by Gasteiger charge is -2.08. The van der Waals surface area contributed by atoms with Gasteiger partial charge in [0.15, 0.2) is 0 Å². The maximum absolute atomic E-state index is 5.83. The lowest BCUT2D eigenvalue weighted by molar-refractivity contribution is 0.109. The second-order valence-electron chi connectivity index (χ2n) is 3.36. The van der Waals surface area contributed by atoms with E-state index in [1.807, 2.05) is 31.2 Å². The molecule has 1 aromatic heterocycles. The number of fused-ring (bicyclic) bond motifs is 1. The summed E-state index contributed by atoms with van der Waals surface area (Å²) >= 11 is 5.83. The molecule has 2 aromatic rings. The molecule has 1 aromatic carbocycles.